The molecular formula is C26H41N2O3P. The predicted molar refractivity (Wildman–Crippen MR) is 138 cm³/mol. The van der Waals surface area contributed by atoms with Gasteiger partial charge in [-0.3, -0.25) is 9.69 Å². The number of ketones is 1. The lowest BCUT2D eigenvalue weighted by Gasteiger charge is -2.32. The maximum Gasteiger partial charge on any atom is 0.226 e. The van der Waals surface area contributed by atoms with Crippen LogP contribution in [-0.2, 0) is 9.59 Å². The van der Waals surface area contributed by atoms with Gasteiger partial charge in [0.2, 0.25) is 11.3 Å². The van der Waals surface area contributed by atoms with E-state index in [0.717, 1.165) is 57.0 Å². The third kappa shape index (κ3) is 6.97. The summed E-state index contributed by atoms with van der Waals surface area (Å²) in [5.41, 5.74) is 0.994. The van der Waals surface area contributed by atoms with Crippen LogP contribution in [0.25, 0.3) is 4.85 Å². The van der Waals surface area contributed by atoms with Gasteiger partial charge in [-0.15, -0.1) is 0 Å². The van der Waals surface area contributed by atoms with Gasteiger partial charge < -0.3 is 9.53 Å². The lowest BCUT2D eigenvalue weighted by molar-refractivity contribution is -0.120. The lowest BCUT2D eigenvalue weighted by atomic mass is 10.1. The van der Waals surface area contributed by atoms with Gasteiger partial charge in [0.15, 0.2) is 5.78 Å². The van der Waals surface area contributed by atoms with E-state index in [9.17, 15) is 9.59 Å². The Bertz CT molecular complexity index is 828. The van der Waals surface area contributed by atoms with Crippen LogP contribution < -0.4 is 9.64 Å². The molecule has 0 radical (unpaired) electrons. The van der Waals surface area contributed by atoms with Gasteiger partial charge >= 0.3 is 0 Å². The summed E-state index contributed by atoms with van der Waals surface area (Å²) in [6.07, 6.45) is 9.11. The molecule has 5 nitrogen and oxygen atoms in total. The number of unbranched alkanes of at least 4 members (excludes halogenated alkanes) is 3. The molecule has 1 atom stereocenters. The third-order valence-electron chi connectivity index (χ3n) is 6.05. The molecule has 0 saturated heterocycles. The van der Waals surface area contributed by atoms with Crippen LogP contribution in [0.2, 0.25) is 0 Å². The standard InChI is InChI=1S/C26H41N2O3P/c1-8-11-18-32(19-12-9-2,20-13-10-3)26(27-6)25(30)21(4)28(22(5)29)23-16-14-15-17-24(23)31-7/h14-17,21H,8-13,18-20H2,1-5,7H3. The second kappa shape index (κ2) is 14.2. The van der Waals surface area contributed by atoms with Crippen molar-refractivity contribution in [3.05, 3.63) is 35.7 Å². The molecular weight excluding hydrogens is 419 g/mol. The van der Waals surface area contributed by atoms with E-state index < -0.39 is 12.9 Å². The van der Waals surface area contributed by atoms with E-state index in [1.165, 1.54) is 11.8 Å². The van der Waals surface area contributed by atoms with E-state index in [1.807, 2.05) is 12.1 Å². The number of Topliss-reactive ketones (excluding diaryl/α,β-unsaturated/α-hetero) is 1. The number of para-hydroxylation sites is 2. The second-order valence-electron chi connectivity index (χ2n) is 8.41. The van der Waals surface area contributed by atoms with Crippen molar-refractivity contribution in [3.63, 3.8) is 0 Å². The lowest BCUT2D eigenvalue weighted by Crippen LogP contribution is -2.45. The molecule has 0 saturated carbocycles. The van der Waals surface area contributed by atoms with Crippen molar-refractivity contribution in [1.29, 1.82) is 0 Å². The SMILES string of the molecule is [C-]#[N+]C(C(=O)C(C)N(C(C)=O)c1ccccc1OC)=P(CCCC)(CCCC)CCCC. The molecule has 0 aliphatic heterocycles. The van der Waals surface area contributed by atoms with Crippen molar-refractivity contribution in [1.82, 2.24) is 0 Å². The average Bonchev–Trinajstić information content (AvgIpc) is 2.80. The summed E-state index contributed by atoms with van der Waals surface area (Å²) in [5, 5.41) is 0. The Balaban J connectivity index is 3.63. The number of anilines is 1. The highest BCUT2D eigenvalue weighted by Crippen LogP contribution is 2.52. The van der Waals surface area contributed by atoms with Crippen molar-refractivity contribution >= 4 is 29.7 Å². The molecule has 32 heavy (non-hydrogen) atoms. The van der Waals surface area contributed by atoms with Crippen molar-refractivity contribution in [3.8, 4) is 5.75 Å². The maximum atomic E-state index is 13.9. The fraction of sp³-hybridized carbons (Fsp3) is 0.615. The van der Waals surface area contributed by atoms with E-state index in [0.29, 0.717) is 16.9 Å². The fourth-order valence-corrected chi connectivity index (χ4v) is 9.15. The van der Waals surface area contributed by atoms with Gasteiger partial charge in [0.25, 0.3) is 0 Å². The number of methoxy groups -OCH3 is 1. The summed E-state index contributed by atoms with van der Waals surface area (Å²) >= 11 is 0. The van der Waals surface area contributed by atoms with Gasteiger partial charge in [-0.25, -0.2) is 4.85 Å². The number of carbonyl (C=O) groups excluding carboxylic acids is 2. The first-order valence-corrected chi connectivity index (χ1v) is 14.3. The first kappa shape index (κ1) is 28.0. The molecule has 0 N–H and O–H groups in total. The van der Waals surface area contributed by atoms with E-state index in [2.05, 4.69) is 25.6 Å². The summed E-state index contributed by atoms with van der Waals surface area (Å²) in [4.78, 5) is 31.9. The van der Waals surface area contributed by atoms with E-state index >= 15 is 0 Å². The summed E-state index contributed by atoms with van der Waals surface area (Å²) in [5.74, 6) is 0.104. The molecule has 0 bridgehead atoms. The predicted octanol–water partition coefficient (Wildman–Crippen LogP) is 6.47. The summed E-state index contributed by atoms with van der Waals surface area (Å²) in [7, 11) is 1.55. The zero-order valence-electron chi connectivity index (χ0n) is 20.8. The number of hydrogen-bond acceptors (Lipinski definition) is 3. The monoisotopic (exact) mass is 460 g/mol. The Morgan fingerprint density at radius 2 is 1.53 bits per heavy atom. The van der Waals surface area contributed by atoms with Crippen LogP contribution in [0.4, 0.5) is 5.69 Å². The Labute approximate surface area is 195 Å². The Kier molecular flexibility index (Phi) is 12.4. The molecule has 0 spiro atoms. The molecule has 0 heterocycles. The molecule has 0 aliphatic carbocycles. The minimum absolute atomic E-state index is 0.197. The van der Waals surface area contributed by atoms with E-state index in [4.69, 9.17) is 11.3 Å². The summed E-state index contributed by atoms with van der Waals surface area (Å²) in [6, 6.07) is 6.47. The van der Waals surface area contributed by atoms with Gasteiger partial charge in [0.05, 0.1) is 25.4 Å². The second-order valence-corrected chi connectivity index (χ2v) is 12.5. The van der Waals surface area contributed by atoms with Crippen LogP contribution in [0.15, 0.2) is 24.3 Å². The van der Waals surface area contributed by atoms with Crippen LogP contribution in [0, 0.1) is 6.57 Å². The van der Waals surface area contributed by atoms with Gasteiger partial charge in [-0.1, -0.05) is 78.3 Å². The molecule has 0 aliphatic rings. The number of rotatable bonds is 14. The van der Waals surface area contributed by atoms with Crippen LogP contribution >= 0.6 is 6.89 Å². The maximum absolute atomic E-state index is 13.9. The van der Waals surface area contributed by atoms with Crippen molar-refractivity contribution in [2.75, 3.05) is 30.5 Å². The highest BCUT2D eigenvalue weighted by Gasteiger charge is 2.34. The zero-order valence-corrected chi connectivity index (χ0v) is 21.7. The number of amides is 1. The number of hydrogen-bond donors (Lipinski definition) is 0. The first-order chi connectivity index (χ1) is 15.3. The first-order valence-electron chi connectivity index (χ1n) is 11.9. The van der Waals surface area contributed by atoms with E-state index in [-0.39, 0.29) is 11.7 Å². The van der Waals surface area contributed by atoms with E-state index in [1.54, 1.807) is 26.2 Å². The van der Waals surface area contributed by atoms with Gasteiger partial charge in [-0.05, 0) is 37.5 Å². The molecule has 0 fully saturated rings. The van der Waals surface area contributed by atoms with Crippen molar-refractivity contribution < 1.29 is 14.3 Å². The summed E-state index contributed by atoms with van der Waals surface area (Å²) < 4.78 is 5.45. The third-order valence-corrected chi connectivity index (χ3v) is 10.8. The number of ether oxygens (including phenoxy) is 1. The molecule has 178 valence electrons. The molecule has 1 aromatic carbocycles. The number of carbonyl (C=O) groups is 2. The minimum Gasteiger partial charge on any atom is -0.495 e. The molecule has 1 unspecified atom stereocenters. The molecule has 1 aromatic rings. The quantitative estimate of drug-likeness (QED) is 0.236. The minimum atomic E-state index is -1.90. The Morgan fingerprint density at radius 3 is 1.94 bits per heavy atom. The van der Waals surface area contributed by atoms with Gasteiger partial charge in [-0.2, -0.15) is 0 Å². The topological polar surface area (TPSA) is 51.0 Å². The number of nitrogens with zero attached hydrogens (tertiary/aromatic N) is 2. The molecule has 0 aromatic heterocycles. The molecule has 6 heteroatoms. The largest absolute Gasteiger partial charge is 0.495 e. The number of benzene rings is 1. The summed E-state index contributed by atoms with van der Waals surface area (Å²) in [6.45, 7) is 15.8. The van der Waals surface area contributed by atoms with Crippen LogP contribution in [0.5, 0.6) is 5.75 Å². The Hall–Kier alpha value is -2.05. The van der Waals surface area contributed by atoms with Gasteiger partial charge in [0.1, 0.15) is 5.75 Å². The zero-order chi connectivity index (χ0) is 24.1. The van der Waals surface area contributed by atoms with Crippen LogP contribution in [0.3, 0.4) is 0 Å². The van der Waals surface area contributed by atoms with Crippen LogP contribution in [0.1, 0.15) is 73.1 Å². The fourth-order valence-electron chi connectivity index (χ4n) is 4.21. The van der Waals surface area contributed by atoms with Crippen LogP contribution in [-0.4, -0.2) is 48.7 Å². The average molecular weight is 461 g/mol. The molecule has 1 amide bonds. The van der Waals surface area contributed by atoms with Gasteiger partial charge in [0, 0.05) is 6.92 Å². The van der Waals surface area contributed by atoms with Crippen molar-refractivity contribution in [2.24, 2.45) is 0 Å². The highest BCUT2D eigenvalue weighted by atomic mass is 31.2. The highest BCUT2D eigenvalue weighted by molar-refractivity contribution is 7.78. The smallest absolute Gasteiger partial charge is 0.226 e. The normalized spacial score (nSPS) is 12.0. The van der Waals surface area contributed by atoms with Crippen molar-refractivity contribution in [2.45, 2.75) is 79.2 Å². The Morgan fingerprint density at radius 1 is 1.03 bits per heavy atom. The molecule has 1 rings (SSSR count).